The number of hydrogen-bond acceptors (Lipinski definition) is 6. The summed E-state index contributed by atoms with van der Waals surface area (Å²) >= 11 is 6.00. The van der Waals surface area contributed by atoms with Crippen LogP contribution in [0.2, 0.25) is 5.02 Å². The highest BCUT2D eigenvalue weighted by molar-refractivity contribution is 6.31. The highest BCUT2D eigenvalue weighted by Crippen LogP contribution is 2.19. The molecule has 0 aliphatic heterocycles. The number of aromatic nitrogens is 3. The van der Waals surface area contributed by atoms with Gasteiger partial charge in [0.05, 0.1) is 19.7 Å². The van der Waals surface area contributed by atoms with E-state index in [-0.39, 0.29) is 36.1 Å². The van der Waals surface area contributed by atoms with Crippen LogP contribution in [0.1, 0.15) is 23.1 Å². The Morgan fingerprint density at radius 1 is 1.35 bits per heavy atom. The molecule has 0 bridgehead atoms. The van der Waals surface area contributed by atoms with Crippen molar-refractivity contribution in [3.63, 3.8) is 0 Å². The lowest BCUT2D eigenvalue weighted by molar-refractivity contribution is -0.111. The number of nitrogens with zero attached hydrogens (tertiary/aromatic N) is 3. The van der Waals surface area contributed by atoms with E-state index >= 15 is 0 Å². The average molecular weight is 388 g/mol. The van der Waals surface area contributed by atoms with Crippen molar-refractivity contribution < 1.29 is 23.4 Å². The molecule has 0 fully saturated rings. The van der Waals surface area contributed by atoms with E-state index in [1.807, 2.05) is 0 Å². The first-order valence-corrected chi connectivity index (χ1v) is 8.13. The second-order valence-corrected chi connectivity index (χ2v) is 5.60. The summed E-state index contributed by atoms with van der Waals surface area (Å²) < 4.78 is 31.1. The summed E-state index contributed by atoms with van der Waals surface area (Å²) in [5, 5.41) is 4.13. The van der Waals surface area contributed by atoms with Gasteiger partial charge in [-0.2, -0.15) is 0 Å². The Labute approximate surface area is 154 Å². The molecule has 0 spiro atoms. The van der Waals surface area contributed by atoms with Crippen LogP contribution < -0.4 is 5.69 Å². The third-order valence-corrected chi connectivity index (χ3v) is 3.96. The minimum Gasteiger partial charge on any atom is -0.460 e. The van der Waals surface area contributed by atoms with Crippen molar-refractivity contribution in [3.8, 4) is 0 Å². The Morgan fingerprint density at radius 3 is 2.62 bits per heavy atom. The third kappa shape index (κ3) is 4.29. The Kier molecular flexibility index (Phi) is 6.90. The number of carbonyl (C=O) groups excluding carboxylic acids is 1. The van der Waals surface area contributed by atoms with Crippen LogP contribution >= 0.6 is 11.6 Å². The minimum absolute atomic E-state index is 0.0892. The maximum atomic E-state index is 14.0. The fraction of sp³-hybridized carbons (Fsp3) is 0.438. The Balaban J connectivity index is 2.47. The second-order valence-electron chi connectivity index (χ2n) is 5.20. The molecule has 8 nitrogen and oxygen atoms in total. The summed E-state index contributed by atoms with van der Waals surface area (Å²) in [6.45, 7) is 1.40. The molecule has 0 N–H and O–H groups in total. The molecule has 0 amide bonds. The van der Waals surface area contributed by atoms with Crippen LogP contribution in [-0.4, -0.2) is 47.4 Å². The predicted molar refractivity (Wildman–Crippen MR) is 90.8 cm³/mol. The van der Waals surface area contributed by atoms with Gasteiger partial charge in [-0.15, -0.1) is 5.10 Å². The molecule has 1 aromatic heterocycles. The van der Waals surface area contributed by atoms with Gasteiger partial charge in [0, 0.05) is 24.8 Å². The molecule has 0 saturated heterocycles. The molecule has 1 aromatic carbocycles. The summed E-state index contributed by atoms with van der Waals surface area (Å²) in [5.74, 6) is -1.60. The van der Waals surface area contributed by atoms with E-state index < -0.39 is 23.8 Å². The zero-order valence-corrected chi connectivity index (χ0v) is 15.3. The standard InChI is InChI=1S/C16H19ClFN3O5/c1-4-26-15(22)14-19-21(8-10-11(17)6-5-7-12(10)18)16(23)20(14)9-13(24-2)25-3/h5-7,13H,4,8-9H2,1-3H3. The Bertz CT molecular complexity index is 812. The zero-order valence-electron chi connectivity index (χ0n) is 14.6. The van der Waals surface area contributed by atoms with Crippen molar-refractivity contribution in [1.82, 2.24) is 14.3 Å². The molecule has 0 aliphatic carbocycles. The van der Waals surface area contributed by atoms with E-state index in [1.165, 1.54) is 32.4 Å². The van der Waals surface area contributed by atoms with E-state index in [1.54, 1.807) is 6.92 Å². The van der Waals surface area contributed by atoms with Gasteiger partial charge in [-0.3, -0.25) is 4.57 Å². The van der Waals surface area contributed by atoms with Crippen LogP contribution in [0.4, 0.5) is 4.39 Å². The number of methoxy groups -OCH3 is 2. The van der Waals surface area contributed by atoms with E-state index in [0.29, 0.717) is 0 Å². The van der Waals surface area contributed by atoms with E-state index in [0.717, 1.165) is 9.25 Å². The summed E-state index contributed by atoms with van der Waals surface area (Å²) in [5.41, 5.74) is -0.558. The van der Waals surface area contributed by atoms with Crippen LogP contribution in [0.5, 0.6) is 0 Å². The van der Waals surface area contributed by atoms with Gasteiger partial charge < -0.3 is 14.2 Å². The summed E-state index contributed by atoms with van der Waals surface area (Å²) in [7, 11) is 2.79. The first-order valence-electron chi connectivity index (χ1n) is 7.76. The smallest absolute Gasteiger partial charge is 0.376 e. The maximum absolute atomic E-state index is 14.0. The topological polar surface area (TPSA) is 84.6 Å². The number of esters is 1. The van der Waals surface area contributed by atoms with Crippen LogP contribution in [0.3, 0.4) is 0 Å². The van der Waals surface area contributed by atoms with Gasteiger partial charge in [-0.1, -0.05) is 17.7 Å². The Morgan fingerprint density at radius 2 is 2.04 bits per heavy atom. The number of halogens is 2. The van der Waals surface area contributed by atoms with Gasteiger partial charge in [-0.05, 0) is 19.1 Å². The van der Waals surface area contributed by atoms with Gasteiger partial charge >= 0.3 is 11.7 Å². The molecule has 2 rings (SSSR count). The highest BCUT2D eigenvalue weighted by Gasteiger charge is 2.24. The average Bonchev–Trinajstić information content (AvgIpc) is 2.92. The molecule has 0 radical (unpaired) electrons. The molecule has 1 heterocycles. The predicted octanol–water partition coefficient (Wildman–Crippen LogP) is 1.68. The van der Waals surface area contributed by atoms with Gasteiger partial charge in [0.25, 0.3) is 0 Å². The van der Waals surface area contributed by atoms with Crippen LogP contribution in [0.15, 0.2) is 23.0 Å². The van der Waals surface area contributed by atoms with Gasteiger partial charge in [0.1, 0.15) is 5.82 Å². The second kappa shape index (κ2) is 8.93. The first kappa shape index (κ1) is 20.1. The largest absolute Gasteiger partial charge is 0.460 e. The SMILES string of the molecule is CCOC(=O)c1nn(Cc2c(F)cccc2Cl)c(=O)n1CC(OC)OC. The molecular formula is C16H19ClFN3O5. The van der Waals surface area contributed by atoms with E-state index in [9.17, 15) is 14.0 Å². The van der Waals surface area contributed by atoms with Gasteiger partial charge in [-0.25, -0.2) is 18.7 Å². The highest BCUT2D eigenvalue weighted by atomic mass is 35.5. The van der Waals surface area contributed by atoms with Crippen LogP contribution in [0, 0.1) is 5.82 Å². The molecule has 0 atom stereocenters. The quantitative estimate of drug-likeness (QED) is 0.506. The monoisotopic (exact) mass is 387 g/mol. The van der Waals surface area contributed by atoms with E-state index in [2.05, 4.69) is 5.10 Å². The molecule has 0 saturated carbocycles. The fourth-order valence-electron chi connectivity index (χ4n) is 2.28. The minimum atomic E-state index is -0.783. The molecule has 10 heteroatoms. The first-order chi connectivity index (χ1) is 12.4. The summed E-state index contributed by atoms with van der Waals surface area (Å²) in [6.07, 6.45) is -0.782. The number of hydrogen-bond donors (Lipinski definition) is 0. The lowest BCUT2D eigenvalue weighted by Gasteiger charge is -2.13. The van der Waals surface area contributed by atoms with Crippen molar-refractivity contribution in [2.45, 2.75) is 26.3 Å². The van der Waals surface area contributed by atoms with Crippen molar-refractivity contribution in [2.75, 3.05) is 20.8 Å². The van der Waals surface area contributed by atoms with Gasteiger partial charge in [0.15, 0.2) is 6.29 Å². The number of ether oxygens (including phenoxy) is 3. The number of carbonyl (C=O) groups is 1. The summed E-state index contributed by atoms with van der Waals surface area (Å²) in [6, 6.07) is 4.18. The fourth-order valence-corrected chi connectivity index (χ4v) is 2.51. The van der Waals surface area contributed by atoms with Crippen molar-refractivity contribution in [2.24, 2.45) is 0 Å². The maximum Gasteiger partial charge on any atom is 0.376 e. The lowest BCUT2D eigenvalue weighted by Crippen LogP contribution is -2.32. The summed E-state index contributed by atoms with van der Waals surface area (Å²) in [4.78, 5) is 24.8. The van der Waals surface area contributed by atoms with Crippen molar-refractivity contribution >= 4 is 17.6 Å². The van der Waals surface area contributed by atoms with Crippen molar-refractivity contribution in [1.29, 1.82) is 0 Å². The number of rotatable bonds is 8. The molecule has 0 unspecified atom stereocenters. The Hall–Kier alpha value is -2.23. The van der Waals surface area contributed by atoms with Crippen LogP contribution in [-0.2, 0) is 27.3 Å². The van der Waals surface area contributed by atoms with E-state index in [4.69, 9.17) is 25.8 Å². The van der Waals surface area contributed by atoms with Crippen molar-refractivity contribution in [3.05, 3.63) is 50.9 Å². The molecular weight excluding hydrogens is 369 g/mol. The normalized spacial score (nSPS) is 11.2. The molecule has 0 aliphatic rings. The third-order valence-electron chi connectivity index (χ3n) is 3.61. The lowest BCUT2D eigenvalue weighted by atomic mass is 10.2. The molecule has 142 valence electrons. The molecule has 2 aromatic rings. The van der Waals surface area contributed by atoms with Gasteiger partial charge in [0.2, 0.25) is 5.82 Å². The molecule has 26 heavy (non-hydrogen) atoms. The van der Waals surface area contributed by atoms with Crippen LogP contribution in [0.25, 0.3) is 0 Å². The zero-order chi connectivity index (χ0) is 19.3. The number of benzene rings is 1.